The molecular formula is C53H104N2O7P+. The first-order valence-electron chi connectivity index (χ1n) is 26.7. The molecule has 0 saturated heterocycles. The van der Waals surface area contributed by atoms with Crippen LogP contribution in [0.2, 0.25) is 0 Å². The molecule has 2 N–H and O–H groups in total. The number of phosphoric acid groups is 1. The number of esters is 1. The molecule has 1 amide bonds. The highest BCUT2D eigenvalue weighted by Crippen LogP contribution is 2.43. The monoisotopic (exact) mass is 912 g/mol. The lowest BCUT2D eigenvalue weighted by Gasteiger charge is -2.27. The van der Waals surface area contributed by atoms with Crippen molar-refractivity contribution in [3.05, 3.63) is 24.3 Å². The van der Waals surface area contributed by atoms with E-state index in [9.17, 15) is 19.0 Å². The van der Waals surface area contributed by atoms with Crippen LogP contribution in [0.25, 0.3) is 0 Å². The number of ether oxygens (including phenoxy) is 1. The van der Waals surface area contributed by atoms with Crippen molar-refractivity contribution >= 4 is 19.7 Å². The van der Waals surface area contributed by atoms with E-state index >= 15 is 0 Å². The zero-order chi connectivity index (χ0) is 46.5. The van der Waals surface area contributed by atoms with Crippen molar-refractivity contribution in [2.24, 2.45) is 0 Å². The van der Waals surface area contributed by atoms with Crippen LogP contribution in [0.15, 0.2) is 24.3 Å². The van der Waals surface area contributed by atoms with Crippen LogP contribution in [-0.2, 0) is 27.9 Å². The van der Waals surface area contributed by atoms with Gasteiger partial charge in [-0.25, -0.2) is 4.57 Å². The van der Waals surface area contributed by atoms with E-state index < -0.39 is 20.0 Å². The number of likely N-dealkylation sites (N-methyl/N-ethyl adjacent to an activating group) is 1. The molecule has 0 bridgehead atoms. The van der Waals surface area contributed by atoms with Crippen molar-refractivity contribution < 1.29 is 37.3 Å². The minimum Gasteiger partial charge on any atom is -0.456 e. The van der Waals surface area contributed by atoms with Gasteiger partial charge in [-0.1, -0.05) is 206 Å². The summed E-state index contributed by atoms with van der Waals surface area (Å²) >= 11 is 0. The number of quaternary nitrogens is 1. The third kappa shape index (κ3) is 45.4. The summed E-state index contributed by atoms with van der Waals surface area (Å²) in [6.07, 6.45) is 48.8. The maximum Gasteiger partial charge on any atom is 0.472 e. The van der Waals surface area contributed by atoms with Gasteiger partial charge in [-0.3, -0.25) is 18.6 Å². The van der Waals surface area contributed by atoms with E-state index in [4.69, 9.17) is 13.8 Å². The van der Waals surface area contributed by atoms with Crippen LogP contribution < -0.4 is 5.32 Å². The average molecular weight is 912 g/mol. The van der Waals surface area contributed by atoms with Gasteiger partial charge in [0.25, 0.3) is 0 Å². The first-order valence-corrected chi connectivity index (χ1v) is 28.2. The van der Waals surface area contributed by atoms with E-state index in [1.807, 2.05) is 33.3 Å². The van der Waals surface area contributed by atoms with Crippen molar-refractivity contribution in [3.63, 3.8) is 0 Å². The van der Waals surface area contributed by atoms with E-state index in [1.165, 1.54) is 161 Å². The van der Waals surface area contributed by atoms with Crippen LogP contribution in [0.5, 0.6) is 0 Å². The second-order valence-electron chi connectivity index (χ2n) is 19.4. The Kier molecular flexibility index (Phi) is 43.3. The van der Waals surface area contributed by atoms with Gasteiger partial charge in [-0.15, -0.1) is 0 Å². The molecule has 0 aliphatic heterocycles. The Morgan fingerprint density at radius 2 is 0.921 bits per heavy atom. The number of nitrogens with one attached hydrogen (secondary N) is 1. The zero-order valence-electron chi connectivity index (χ0n) is 42.3. The number of allylic oxidation sites excluding steroid dienone is 3. The fourth-order valence-corrected chi connectivity index (χ4v) is 8.43. The van der Waals surface area contributed by atoms with E-state index in [-0.39, 0.29) is 25.1 Å². The quantitative estimate of drug-likeness (QED) is 0.0206. The predicted molar refractivity (Wildman–Crippen MR) is 268 cm³/mol. The predicted octanol–water partition coefficient (Wildman–Crippen LogP) is 15.4. The number of unbranched alkanes of at least 4 members (excludes halogenated alkanes) is 30. The number of hydrogen-bond donors (Lipinski definition) is 2. The summed E-state index contributed by atoms with van der Waals surface area (Å²) in [7, 11) is 1.50. The zero-order valence-corrected chi connectivity index (χ0v) is 43.2. The van der Waals surface area contributed by atoms with Gasteiger partial charge in [0.1, 0.15) is 19.3 Å². The molecule has 63 heavy (non-hydrogen) atoms. The molecule has 0 saturated carbocycles. The summed E-state index contributed by atoms with van der Waals surface area (Å²) in [5, 5.41) is 3.04. The number of nitrogens with zero attached hydrogens (tertiary/aromatic N) is 1. The first kappa shape index (κ1) is 61.5. The fraction of sp³-hybridized carbons (Fsp3) is 0.887. The van der Waals surface area contributed by atoms with Crippen LogP contribution in [0.4, 0.5) is 0 Å². The molecule has 0 aromatic rings. The smallest absolute Gasteiger partial charge is 0.456 e. The second-order valence-corrected chi connectivity index (χ2v) is 20.9. The highest BCUT2D eigenvalue weighted by molar-refractivity contribution is 7.47. The summed E-state index contributed by atoms with van der Waals surface area (Å²) in [5.41, 5.74) is 0. The molecule has 0 fully saturated rings. The molecule has 0 spiro atoms. The van der Waals surface area contributed by atoms with E-state index in [1.54, 1.807) is 0 Å². The van der Waals surface area contributed by atoms with E-state index in [0.29, 0.717) is 23.9 Å². The Morgan fingerprint density at radius 1 is 0.540 bits per heavy atom. The molecule has 0 aromatic carbocycles. The number of rotatable bonds is 48. The number of amides is 1. The van der Waals surface area contributed by atoms with Gasteiger partial charge in [0.05, 0.1) is 33.8 Å². The number of carbonyl (C=O) groups is 2. The Hall–Kier alpha value is -1.51. The summed E-state index contributed by atoms with van der Waals surface area (Å²) in [4.78, 5) is 37.4. The summed E-state index contributed by atoms with van der Waals surface area (Å²) in [5.74, 6) is -0.504. The maximum absolute atomic E-state index is 13.4. The normalized spacial score (nSPS) is 14.1. The largest absolute Gasteiger partial charge is 0.472 e. The van der Waals surface area contributed by atoms with E-state index in [2.05, 4.69) is 38.2 Å². The molecule has 0 aromatic heterocycles. The van der Waals surface area contributed by atoms with Gasteiger partial charge >= 0.3 is 13.8 Å². The number of hydrogen-bond acceptors (Lipinski definition) is 6. The molecule has 10 heteroatoms. The average Bonchev–Trinajstić information content (AvgIpc) is 3.23. The van der Waals surface area contributed by atoms with Crippen molar-refractivity contribution in [1.82, 2.24) is 5.32 Å². The lowest BCUT2D eigenvalue weighted by molar-refractivity contribution is -0.870. The lowest BCUT2D eigenvalue weighted by atomic mass is 10.0. The first-order chi connectivity index (χ1) is 30.4. The van der Waals surface area contributed by atoms with Gasteiger partial charge in [-0.05, 0) is 57.4 Å². The molecular weight excluding hydrogens is 808 g/mol. The van der Waals surface area contributed by atoms with Gasteiger partial charge < -0.3 is 19.4 Å². The molecule has 372 valence electrons. The Balaban J connectivity index is 5.37. The Morgan fingerprint density at radius 3 is 1.37 bits per heavy atom. The SMILES string of the molecule is CCCCCC/C=C\CCCCCCCCCC(=O)OC(/C=C/CCCCCCCCCCC)C(COP(=O)(O)OCC[N+](C)(C)C)NC(=O)CCCCCCCCCCCCC. The van der Waals surface area contributed by atoms with Crippen LogP contribution in [-0.4, -0.2) is 74.3 Å². The maximum atomic E-state index is 13.4. The highest BCUT2D eigenvalue weighted by atomic mass is 31.2. The standard InChI is InChI=1S/C53H103N2O7P/c1-7-10-13-16-19-22-25-26-27-28-31-34-37-40-43-46-53(57)62-51(44-41-38-35-32-29-23-20-17-14-11-8-2)50(49-61-63(58,59)60-48-47-55(4,5)6)54-52(56)45-42-39-36-33-30-24-21-18-15-12-9-3/h22,25,41,44,50-51H,7-21,23-24,26-40,42-43,45-49H2,1-6H3,(H-,54,56,58,59)/p+1/b25-22-,44-41+. The second kappa shape index (κ2) is 44.3. The van der Waals surface area contributed by atoms with Gasteiger partial charge in [0.15, 0.2) is 0 Å². The molecule has 0 rings (SSSR count). The lowest BCUT2D eigenvalue weighted by Crippen LogP contribution is -2.47. The van der Waals surface area contributed by atoms with Gasteiger partial charge in [0, 0.05) is 12.8 Å². The van der Waals surface area contributed by atoms with Crippen molar-refractivity contribution in [3.8, 4) is 0 Å². The number of carbonyl (C=O) groups excluding carboxylic acids is 2. The molecule has 0 heterocycles. The third-order valence-electron chi connectivity index (χ3n) is 11.9. The summed E-state index contributed by atoms with van der Waals surface area (Å²) < 4.78 is 30.5. The van der Waals surface area contributed by atoms with Crippen molar-refractivity contribution in [2.75, 3.05) is 40.9 Å². The summed E-state index contributed by atoms with van der Waals surface area (Å²) in [6, 6.07) is -0.841. The van der Waals surface area contributed by atoms with Crippen LogP contribution >= 0.6 is 7.82 Å². The molecule has 3 unspecified atom stereocenters. The molecule has 9 nitrogen and oxygen atoms in total. The minimum atomic E-state index is -4.43. The Bertz CT molecular complexity index is 1140. The van der Waals surface area contributed by atoms with Gasteiger partial charge in [-0.2, -0.15) is 0 Å². The minimum absolute atomic E-state index is 0.0425. The van der Waals surface area contributed by atoms with Crippen LogP contribution in [0, 0.1) is 0 Å². The third-order valence-corrected chi connectivity index (χ3v) is 12.9. The molecule has 0 aliphatic carbocycles. The molecule has 0 radical (unpaired) electrons. The van der Waals surface area contributed by atoms with Crippen molar-refractivity contribution in [1.29, 1.82) is 0 Å². The number of phosphoric ester groups is 1. The molecule has 0 aliphatic rings. The molecule has 3 atom stereocenters. The van der Waals surface area contributed by atoms with Crippen LogP contribution in [0.3, 0.4) is 0 Å². The highest BCUT2D eigenvalue weighted by Gasteiger charge is 2.30. The van der Waals surface area contributed by atoms with Crippen LogP contribution in [0.1, 0.15) is 252 Å². The fourth-order valence-electron chi connectivity index (χ4n) is 7.70. The topological polar surface area (TPSA) is 111 Å². The van der Waals surface area contributed by atoms with Gasteiger partial charge in [0.2, 0.25) is 5.91 Å². The summed E-state index contributed by atoms with van der Waals surface area (Å²) in [6.45, 7) is 6.99. The van der Waals surface area contributed by atoms with Crippen molar-refractivity contribution in [2.45, 2.75) is 264 Å². The van der Waals surface area contributed by atoms with E-state index in [0.717, 1.165) is 57.8 Å². The Labute approximate surface area is 390 Å².